The summed E-state index contributed by atoms with van der Waals surface area (Å²) in [4.78, 5) is 19.1. The van der Waals surface area contributed by atoms with E-state index in [1.165, 1.54) is 28.6 Å². The van der Waals surface area contributed by atoms with Gasteiger partial charge in [0.05, 0.1) is 18.8 Å². The number of amides is 1. The van der Waals surface area contributed by atoms with Crippen LogP contribution in [-0.4, -0.2) is 32.5 Å². The largest absolute Gasteiger partial charge is 0.447 e. The Hall–Kier alpha value is -2.93. The number of carbonyl (C=O) groups is 1. The van der Waals surface area contributed by atoms with Gasteiger partial charge in [0, 0.05) is 18.8 Å². The highest BCUT2D eigenvalue weighted by molar-refractivity contribution is 5.91. The number of benzene rings is 1. The van der Waals surface area contributed by atoms with Gasteiger partial charge in [-0.25, -0.2) is 4.98 Å². The van der Waals surface area contributed by atoms with E-state index in [9.17, 15) is 4.79 Å². The fraction of sp³-hybridized carbons (Fsp3) is 0.381. The van der Waals surface area contributed by atoms with Crippen molar-refractivity contribution in [1.82, 2.24) is 25.4 Å². The zero-order valence-electron chi connectivity index (χ0n) is 15.7. The van der Waals surface area contributed by atoms with Gasteiger partial charge in [-0.15, -0.1) is 0 Å². The molecule has 7 nitrogen and oxygen atoms in total. The first-order valence-corrected chi connectivity index (χ1v) is 9.83. The zero-order chi connectivity index (χ0) is 18.9. The average molecular weight is 377 g/mol. The van der Waals surface area contributed by atoms with Crippen molar-refractivity contribution < 1.29 is 9.21 Å². The van der Waals surface area contributed by atoms with Crippen LogP contribution in [0, 0.1) is 0 Å². The maximum atomic E-state index is 12.4. The minimum atomic E-state index is -0.228. The minimum absolute atomic E-state index is 0.228. The van der Waals surface area contributed by atoms with E-state index >= 15 is 0 Å². The summed E-state index contributed by atoms with van der Waals surface area (Å²) < 4.78 is 5.55. The van der Waals surface area contributed by atoms with Crippen LogP contribution in [0.2, 0.25) is 0 Å². The summed E-state index contributed by atoms with van der Waals surface area (Å²) in [5.41, 5.74) is 6.47. The first-order chi connectivity index (χ1) is 13.8. The molecule has 3 heterocycles. The first-order valence-electron chi connectivity index (χ1n) is 9.83. The fourth-order valence-corrected chi connectivity index (χ4v) is 4.16. The molecule has 2 aromatic heterocycles. The molecule has 0 bridgehead atoms. The number of hydrogen-bond acceptors (Lipinski definition) is 5. The number of H-pyrrole nitrogens is 1. The summed E-state index contributed by atoms with van der Waals surface area (Å²) in [6, 6.07) is 8.52. The van der Waals surface area contributed by atoms with Gasteiger partial charge in [0.1, 0.15) is 6.26 Å². The van der Waals surface area contributed by atoms with Gasteiger partial charge in [-0.3, -0.25) is 14.8 Å². The van der Waals surface area contributed by atoms with Crippen molar-refractivity contribution in [2.75, 3.05) is 6.54 Å². The van der Waals surface area contributed by atoms with E-state index in [-0.39, 0.29) is 5.91 Å². The molecule has 144 valence electrons. The Balaban J connectivity index is 1.18. The smallest absolute Gasteiger partial charge is 0.273 e. The van der Waals surface area contributed by atoms with Crippen molar-refractivity contribution in [3.63, 3.8) is 0 Å². The normalized spacial score (nSPS) is 16.0. The van der Waals surface area contributed by atoms with Gasteiger partial charge in [0.2, 0.25) is 5.89 Å². The Bertz CT molecular complexity index is 1010. The molecule has 0 fully saturated rings. The van der Waals surface area contributed by atoms with Crippen LogP contribution in [0.15, 0.2) is 34.9 Å². The Kier molecular flexibility index (Phi) is 4.44. The third-order valence-electron chi connectivity index (χ3n) is 5.66. The number of hydrogen-bond donors (Lipinski definition) is 2. The first kappa shape index (κ1) is 17.2. The van der Waals surface area contributed by atoms with Gasteiger partial charge < -0.3 is 9.73 Å². The monoisotopic (exact) mass is 377 g/mol. The fourth-order valence-electron chi connectivity index (χ4n) is 4.16. The van der Waals surface area contributed by atoms with Crippen LogP contribution >= 0.6 is 0 Å². The molecule has 0 atom stereocenters. The van der Waals surface area contributed by atoms with Crippen molar-refractivity contribution in [1.29, 1.82) is 0 Å². The predicted octanol–water partition coefficient (Wildman–Crippen LogP) is 2.37. The van der Waals surface area contributed by atoms with Gasteiger partial charge in [-0.2, -0.15) is 5.10 Å². The third-order valence-corrected chi connectivity index (χ3v) is 5.66. The highest BCUT2D eigenvalue weighted by atomic mass is 16.3. The van der Waals surface area contributed by atoms with Crippen molar-refractivity contribution in [3.8, 4) is 0 Å². The van der Waals surface area contributed by atoms with E-state index < -0.39 is 0 Å². The topological polar surface area (TPSA) is 87.0 Å². The number of fused-ring (bicyclic) bond motifs is 2. The zero-order valence-corrected chi connectivity index (χ0v) is 15.7. The Morgan fingerprint density at radius 2 is 2.11 bits per heavy atom. The van der Waals surface area contributed by atoms with Gasteiger partial charge in [-0.05, 0) is 42.4 Å². The second-order valence-electron chi connectivity index (χ2n) is 7.52. The van der Waals surface area contributed by atoms with Crippen LogP contribution in [0.3, 0.4) is 0 Å². The molecular formula is C21H23N5O2. The van der Waals surface area contributed by atoms with Crippen molar-refractivity contribution in [2.24, 2.45) is 0 Å². The molecule has 2 aliphatic rings. The van der Waals surface area contributed by atoms with Crippen LogP contribution in [0.4, 0.5) is 0 Å². The molecule has 7 heteroatoms. The summed E-state index contributed by atoms with van der Waals surface area (Å²) in [5, 5.41) is 10.3. The molecule has 28 heavy (non-hydrogen) atoms. The Labute approximate surface area is 163 Å². The molecule has 1 aliphatic carbocycles. The molecule has 5 rings (SSSR count). The van der Waals surface area contributed by atoms with Gasteiger partial charge in [0.25, 0.3) is 5.91 Å². The van der Waals surface area contributed by atoms with Gasteiger partial charge in [0.15, 0.2) is 5.69 Å². The molecule has 0 unspecified atom stereocenters. The maximum absolute atomic E-state index is 12.4. The predicted molar refractivity (Wildman–Crippen MR) is 103 cm³/mol. The number of nitrogens with one attached hydrogen (secondary N) is 2. The highest BCUT2D eigenvalue weighted by Gasteiger charge is 2.21. The van der Waals surface area contributed by atoms with Gasteiger partial charge in [-0.1, -0.05) is 24.3 Å². The Morgan fingerprint density at radius 3 is 3.04 bits per heavy atom. The summed E-state index contributed by atoms with van der Waals surface area (Å²) in [7, 11) is 0. The maximum Gasteiger partial charge on any atom is 0.273 e. The summed E-state index contributed by atoms with van der Waals surface area (Å²) in [6.07, 6.45) is 5.70. The number of aryl methyl sites for hydroxylation is 1. The summed E-state index contributed by atoms with van der Waals surface area (Å²) in [6.45, 7) is 2.86. The lowest BCUT2D eigenvalue weighted by molar-refractivity contribution is 0.0945. The van der Waals surface area contributed by atoms with Gasteiger partial charge >= 0.3 is 0 Å². The molecule has 0 saturated carbocycles. The number of carbonyl (C=O) groups excluding carboxylic acids is 1. The summed E-state index contributed by atoms with van der Waals surface area (Å²) in [5.74, 6) is 0.346. The lowest BCUT2D eigenvalue weighted by atomic mass is 10.00. The van der Waals surface area contributed by atoms with Crippen LogP contribution in [0.1, 0.15) is 50.9 Å². The van der Waals surface area contributed by atoms with E-state index in [1.807, 2.05) is 0 Å². The van der Waals surface area contributed by atoms with E-state index in [4.69, 9.17) is 4.42 Å². The molecule has 1 aromatic carbocycles. The molecule has 0 radical (unpaired) electrons. The molecule has 1 aliphatic heterocycles. The molecule has 2 N–H and O–H groups in total. The lowest BCUT2D eigenvalue weighted by Crippen LogP contribution is -2.30. The molecule has 1 amide bonds. The quantitative estimate of drug-likeness (QED) is 0.713. The second kappa shape index (κ2) is 7.24. The molecule has 0 saturated heterocycles. The number of nitrogens with zero attached hydrogens (tertiary/aromatic N) is 3. The number of rotatable bonds is 5. The minimum Gasteiger partial charge on any atom is -0.447 e. The second-order valence-corrected chi connectivity index (χ2v) is 7.52. The molecule has 0 spiro atoms. The molecular weight excluding hydrogens is 354 g/mol. The lowest BCUT2D eigenvalue weighted by Gasteiger charge is -2.27. The number of oxazole rings is 1. The van der Waals surface area contributed by atoms with E-state index in [0.717, 1.165) is 44.5 Å². The van der Waals surface area contributed by atoms with E-state index in [0.29, 0.717) is 24.7 Å². The van der Waals surface area contributed by atoms with E-state index in [1.54, 1.807) is 0 Å². The van der Waals surface area contributed by atoms with Crippen LogP contribution in [0.25, 0.3) is 0 Å². The summed E-state index contributed by atoms with van der Waals surface area (Å²) >= 11 is 0. The van der Waals surface area contributed by atoms with E-state index in [2.05, 4.69) is 49.7 Å². The number of aromatic nitrogens is 3. The van der Waals surface area contributed by atoms with Crippen molar-refractivity contribution >= 4 is 5.91 Å². The highest BCUT2D eigenvalue weighted by Crippen LogP contribution is 2.23. The average Bonchev–Trinajstić information content (AvgIpc) is 3.44. The van der Waals surface area contributed by atoms with Crippen LogP contribution in [-0.2, 0) is 38.9 Å². The number of aromatic amines is 1. The molecule has 3 aromatic rings. The van der Waals surface area contributed by atoms with Crippen molar-refractivity contribution in [2.45, 2.75) is 45.3 Å². The van der Waals surface area contributed by atoms with Crippen LogP contribution in [0.5, 0.6) is 0 Å². The standard InChI is InChI=1S/C21H23N5O2/c27-21(22-10-18-16-6-3-7-17(16)24-25-18)19-13-28-20(23-19)12-26-9-8-14-4-1-2-5-15(14)11-26/h1-2,4-5,13H,3,6-12H2,(H,22,27)(H,24,25). The van der Waals surface area contributed by atoms with Crippen molar-refractivity contribution in [3.05, 3.63) is 70.2 Å². The third kappa shape index (κ3) is 3.33. The SMILES string of the molecule is O=C(NCc1n[nH]c2c1CCC2)c1coc(CN2CCc3ccccc3C2)n1. The van der Waals surface area contributed by atoms with Crippen LogP contribution < -0.4 is 5.32 Å². The Morgan fingerprint density at radius 1 is 1.21 bits per heavy atom.